The predicted molar refractivity (Wildman–Crippen MR) is 70.1 cm³/mol. The van der Waals surface area contributed by atoms with Crippen molar-refractivity contribution in [2.45, 2.75) is 32.7 Å². The Morgan fingerprint density at radius 3 is 2.88 bits per heavy atom. The van der Waals surface area contributed by atoms with Crippen LogP contribution in [-0.2, 0) is 6.42 Å². The number of nitrogens with zero attached hydrogens (tertiary/aromatic N) is 1. The van der Waals surface area contributed by atoms with Crippen molar-refractivity contribution >= 4 is 12.4 Å². The van der Waals surface area contributed by atoms with Gasteiger partial charge in [-0.15, -0.1) is 12.4 Å². The van der Waals surface area contributed by atoms with Gasteiger partial charge in [0.15, 0.2) is 0 Å². The van der Waals surface area contributed by atoms with E-state index in [1.165, 1.54) is 25.9 Å². The first-order valence-corrected chi connectivity index (χ1v) is 6.06. The Kier molecular flexibility index (Phi) is 3.02. The van der Waals surface area contributed by atoms with Crippen LogP contribution in [0.4, 0.5) is 0 Å². The van der Waals surface area contributed by atoms with Gasteiger partial charge in [0.2, 0.25) is 0 Å². The van der Waals surface area contributed by atoms with Gasteiger partial charge in [-0.1, -0.05) is 38.1 Å². The molecule has 0 spiro atoms. The molecule has 3 rings (SSSR count). The van der Waals surface area contributed by atoms with Crippen LogP contribution in [0.15, 0.2) is 24.3 Å². The third-order valence-electron chi connectivity index (χ3n) is 4.35. The van der Waals surface area contributed by atoms with Crippen LogP contribution in [-0.4, -0.2) is 18.0 Å². The third kappa shape index (κ3) is 1.49. The Labute approximate surface area is 104 Å². The van der Waals surface area contributed by atoms with Crippen LogP contribution in [0.2, 0.25) is 0 Å². The van der Waals surface area contributed by atoms with E-state index < -0.39 is 0 Å². The molecule has 2 aliphatic rings. The van der Waals surface area contributed by atoms with Crippen molar-refractivity contribution in [3.63, 3.8) is 0 Å². The van der Waals surface area contributed by atoms with Gasteiger partial charge in [0.1, 0.15) is 0 Å². The summed E-state index contributed by atoms with van der Waals surface area (Å²) in [5, 5.41) is 0. The Bertz CT molecular complexity index is 390. The molecule has 1 aliphatic heterocycles. The maximum atomic E-state index is 2.64. The molecular formula is C14H20ClN. The number of hydrogen-bond donors (Lipinski definition) is 0. The Morgan fingerprint density at radius 1 is 1.38 bits per heavy atom. The van der Waals surface area contributed by atoms with Crippen LogP contribution in [0.3, 0.4) is 0 Å². The molecule has 1 saturated heterocycles. The largest absolute Gasteiger partial charge is 0.296 e. The van der Waals surface area contributed by atoms with Gasteiger partial charge in [0.05, 0.1) is 0 Å². The molecule has 0 saturated carbocycles. The highest BCUT2D eigenvalue weighted by Crippen LogP contribution is 2.54. The summed E-state index contributed by atoms with van der Waals surface area (Å²) in [7, 11) is 0. The van der Waals surface area contributed by atoms with Crippen molar-refractivity contribution in [2.24, 2.45) is 5.41 Å². The molecule has 2 unspecified atom stereocenters. The van der Waals surface area contributed by atoms with Gasteiger partial charge in [-0.2, -0.15) is 0 Å². The van der Waals surface area contributed by atoms with Gasteiger partial charge in [-0.25, -0.2) is 0 Å². The van der Waals surface area contributed by atoms with Crippen molar-refractivity contribution in [1.29, 1.82) is 0 Å². The normalized spacial score (nSPS) is 32.0. The summed E-state index contributed by atoms with van der Waals surface area (Å²) in [6.45, 7) is 7.22. The summed E-state index contributed by atoms with van der Waals surface area (Å²) < 4.78 is 0. The fourth-order valence-corrected chi connectivity index (χ4v) is 3.60. The predicted octanol–water partition coefficient (Wildman–Crippen LogP) is 3.44. The second kappa shape index (κ2) is 4.05. The zero-order valence-electron chi connectivity index (χ0n) is 10.1. The summed E-state index contributed by atoms with van der Waals surface area (Å²) >= 11 is 0. The summed E-state index contributed by atoms with van der Waals surface area (Å²) in [6.07, 6.45) is 2.64. The molecule has 1 heterocycles. The average molecular weight is 238 g/mol. The minimum Gasteiger partial charge on any atom is -0.296 e. The van der Waals surface area contributed by atoms with Crippen LogP contribution in [0.25, 0.3) is 0 Å². The van der Waals surface area contributed by atoms with Crippen LogP contribution in [0.1, 0.15) is 37.4 Å². The summed E-state index contributed by atoms with van der Waals surface area (Å²) in [5.74, 6) is 0. The van der Waals surface area contributed by atoms with E-state index in [0.29, 0.717) is 11.5 Å². The number of rotatable bonds is 1. The maximum Gasteiger partial charge on any atom is 0.0408 e. The van der Waals surface area contributed by atoms with Crippen molar-refractivity contribution in [3.05, 3.63) is 35.4 Å². The van der Waals surface area contributed by atoms with E-state index in [-0.39, 0.29) is 12.4 Å². The SMILES string of the molecule is CCN1CCC2(C)Cc3ccccc3C12.Cl. The number of hydrogen-bond acceptors (Lipinski definition) is 1. The fraction of sp³-hybridized carbons (Fsp3) is 0.571. The quantitative estimate of drug-likeness (QED) is 0.723. The highest BCUT2D eigenvalue weighted by molar-refractivity contribution is 5.85. The molecular weight excluding hydrogens is 218 g/mol. The molecule has 1 aliphatic carbocycles. The minimum absolute atomic E-state index is 0. The van der Waals surface area contributed by atoms with Gasteiger partial charge < -0.3 is 0 Å². The second-order valence-electron chi connectivity index (χ2n) is 5.31. The van der Waals surface area contributed by atoms with Crippen LogP contribution in [0, 0.1) is 5.41 Å². The van der Waals surface area contributed by atoms with Crippen LogP contribution in [0.5, 0.6) is 0 Å². The zero-order chi connectivity index (χ0) is 10.5. The molecule has 1 aromatic rings. The molecule has 0 N–H and O–H groups in total. The number of fused-ring (bicyclic) bond motifs is 3. The lowest BCUT2D eigenvalue weighted by Gasteiger charge is -2.29. The summed E-state index contributed by atoms with van der Waals surface area (Å²) in [5.41, 5.74) is 3.70. The van der Waals surface area contributed by atoms with E-state index in [9.17, 15) is 0 Å². The van der Waals surface area contributed by atoms with Gasteiger partial charge in [-0.05, 0) is 42.5 Å². The van der Waals surface area contributed by atoms with Crippen LogP contribution >= 0.6 is 12.4 Å². The number of halogens is 1. The van der Waals surface area contributed by atoms with Gasteiger partial charge >= 0.3 is 0 Å². The molecule has 0 radical (unpaired) electrons. The molecule has 0 amide bonds. The van der Waals surface area contributed by atoms with Gasteiger partial charge in [-0.3, -0.25) is 4.90 Å². The Morgan fingerprint density at radius 2 is 2.12 bits per heavy atom. The highest BCUT2D eigenvalue weighted by Gasteiger charge is 2.48. The van der Waals surface area contributed by atoms with E-state index in [2.05, 4.69) is 43.0 Å². The molecule has 2 atom stereocenters. The van der Waals surface area contributed by atoms with Gasteiger partial charge in [0.25, 0.3) is 0 Å². The highest BCUT2D eigenvalue weighted by atomic mass is 35.5. The Balaban J connectivity index is 0.000000963. The van der Waals surface area contributed by atoms with Crippen molar-refractivity contribution in [1.82, 2.24) is 4.90 Å². The smallest absolute Gasteiger partial charge is 0.0408 e. The van der Waals surface area contributed by atoms with E-state index in [4.69, 9.17) is 0 Å². The summed E-state index contributed by atoms with van der Waals surface area (Å²) in [6, 6.07) is 9.71. The molecule has 2 heteroatoms. The lowest BCUT2D eigenvalue weighted by molar-refractivity contribution is 0.195. The van der Waals surface area contributed by atoms with Gasteiger partial charge in [0, 0.05) is 6.04 Å². The number of likely N-dealkylation sites (tertiary alicyclic amines) is 1. The standard InChI is InChI=1S/C14H19N.ClH/c1-3-15-9-8-14(2)10-11-6-4-5-7-12(11)13(14)15;/h4-7,13H,3,8-10H2,1-2H3;1H. The second-order valence-corrected chi connectivity index (χ2v) is 5.31. The molecule has 88 valence electrons. The van der Waals surface area contributed by atoms with Crippen LogP contribution < -0.4 is 0 Å². The maximum absolute atomic E-state index is 2.64. The lowest BCUT2D eigenvalue weighted by atomic mass is 9.83. The first kappa shape index (κ1) is 11.9. The monoisotopic (exact) mass is 237 g/mol. The van der Waals surface area contributed by atoms with Crippen molar-refractivity contribution in [3.8, 4) is 0 Å². The van der Waals surface area contributed by atoms with E-state index in [1.807, 2.05) is 0 Å². The molecule has 1 fully saturated rings. The molecule has 1 nitrogen and oxygen atoms in total. The zero-order valence-corrected chi connectivity index (χ0v) is 10.9. The molecule has 0 aromatic heterocycles. The number of benzene rings is 1. The van der Waals surface area contributed by atoms with Crippen molar-refractivity contribution in [2.75, 3.05) is 13.1 Å². The van der Waals surface area contributed by atoms with Crippen molar-refractivity contribution < 1.29 is 0 Å². The van der Waals surface area contributed by atoms with E-state index >= 15 is 0 Å². The van der Waals surface area contributed by atoms with E-state index in [1.54, 1.807) is 11.1 Å². The average Bonchev–Trinajstić information content (AvgIpc) is 2.69. The fourth-order valence-electron chi connectivity index (χ4n) is 3.60. The first-order chi connectivity index (χ1) is 7.24. The van der Waals surface area contributed by atoms with E-state index in [0.717, 1.165) is 0 Å². The topological polar surface area (TPSA) is 3.24 Å². The summed E-state index contributed by atoms with van der Waals surface area (Å²) in [4.78, 5) is 2.64. The third-order valence-corrected chi connectivity index (χ3v) is 4.35. The molecule has 16 heavy (non-hydrogen) atoms. The first-order valence-electron chi connectivity index (χ1n) is 6.06. The molecule has 1 aromatic carbocycles. The molecule has 0 bridgehead atoms. The Hall–Kier alpha value is -0.530. The lowest BCUT2D eigenvalue weighted by Crippen LogP contribution is -2.27. The minimum atomic E-state index is 0.